The van der Waals surface area contributed by atoms with E-state index in [1.807, 2.05) is 23.1 Å². The van der Waals surface area contributed by atoms with Gasteiger partial charge in [-0.15, -0.1) is 0 Å². The van der Waals surface area contributed by atoms with Gasteiger partial charge in [-0.25, -0.2) is 0 Å². The molecule has 0 spiro atoms. The van der Waals surface area contributed by atoms with Gasteiger partial charge in [-0.05, 0) is 29.7 Å². The smallest absolute Gasteiger partial charge is 0.227 e. The summed E-state index contributed by atoms with van der Waals surface area (Å²) >= 11 is 0. The van der Waals surface area contributed by atoms with Gasteiger partial charge in [0.1, 0.15) is 0 Å². The number of amides is 1. The van der Waals surface area contributed by atoms with Gasteiger partial charge in [-0.1, -0.05) is 56.3 Å². The lowest BCUT2D eigenvalue weighted by molar-refractivity contribution is -0.117. The van der Waals surface area contributed by atoms with Crippen LogP contribution in [0, 0.1) is 0 Å². The zero-order valence-electron chi connectivity index (χ0n) is 17.0. The molecule has 0 bridgehead atoms. The molecular weight excluding hydrogens is 348 g/mol. The second-order valence-electron chi connectivity index (χ2n) is 7.84. The highest BCUT2D eigenvalue weighted by Crippen LogP contribution is 2.22. The summed E-state index contributed by atoms with van der Waals surface area (Å²) in [5.41, 5.74) is 3.44. The molecule has 0 aliphatic carbocycles. The number of nitrogens with zero attached hydrogens (tertiary/aromatic N) is 2. The van der Waals surface area contributed by atoms with Crippen molar-refractivity contribution in [3.8, 4) is 0 Å². The van der Waals surface area contributed by atoms with Crippen LogP contribution >= 0.6 is 0 Å². The molecule has 0 unspecified atom stereocenters. The van der Waals surface area contributed by atoms with Gasteiger partial charge in [-0.2, -0.15) is 0 Å². The standard InChI is InChI=1S/C23H30N4O/c1-23(2,19-8-5-4-6-9-19)17-26-22(24-3)25-16-18-11-13-20(14-12-18)27-15-7-10-21(27)28/h4-6,8-9,11-14H,7,10,15-17H2,1-3H3,(H2,24,25,26). The number of hydrogen-bond donors (Lipinski definition) is 2. The molecule has 0 saturated carbocycles. The molecule has 1 fully saturated rings. The number of rotatable bonds is 6. The van der Waals surface area contributed by atoms with Crippen LogP contribution < -0.4 is 15.5 Å². The first kappa shape index (κ1) is 19.9. The number of carbonyl (C=O) groups excluding carboxylic acids is 1. The molecular formula is C23H30N4O. The topological polar surface area (TPSA) is 56.7 Å². The van der Waals surface area contributed by atoms with E-state index in [0.29, 0.717) is 13.0 Å². The summed E-state index contributed by atoms with van der Waals surface area (Å²) in [6.07, 6.45) is 1.61. The third kappa shape index (κ3) is 4.91. The van der Waals surface area contributed by atoms with Crippen LogP contribution in [0.5, 0.6) is 0 Å². The van der Waals surface area contributed by atoms with Crippen LogP contribution in [0.25, 0.3) is 0 Å². The Morgan fingerprint density at radius 3 is 2.39 bits per heavy atom. The molecule has 2 N–H and O–H groups in total. The molecule has 0 radical (unpaired) electrons. The average molecular weight is 379 g/mol. The van der Waals surface area contributed by atoms with Crippen LogP contribution in [0.4, 0.5) is 5.69 Å². The number of anilines is 1. The number of carbonyl (C=O) groups is 1. The van der Waals surface area contributed by atoms with Gasteiger partial charge in [0.05, 0.1) is 0 Å². The zero-order valence-corrected chi connectivity index (χ0v) is 17.0. The summed E-state index contributed by atoms with van der Waals surface area (Å²) in [4.78, 5) is 18.1. The summed E-state index contributed by atoms with van der Waals surface area (Å²) in [6, 6.07) is 18.7. The lowest BCUT2D eigenvalue weighted by Crippen LogP contribution is -2.43. The van der Waals surface area contributed by atoms with Crippen LogP contribution in [0.2, 0.25) is 0 Å². The number of benzene rings is 2. The third-order valence-electron chi connectivity index (χ3n) is 5.26. The third-order valence-corrected chi connectivity index (χ3v) is 5.26. The Morgan fingerprint density at radius 2 is 1.79 bits per heavy atom. The maximum absolute atomic E-state index is 11.9. The van der Waals surface area contributed by atoms with Crippen LogP contribution in [0.15, 0.2) is 59.6 Å². The minimum absolute atomic E-state index is 0.00277. The van der Waals surface area contributed by atoms with Crippen molar-refractivity contribution in [1.29, 1.82) is 0 Å². The van der Waals surface area contributed by atoms with Gasteiger partial charge in [0, 0.05) is 44.2 Å². The van der Waals surface area contributed by atoms with Crippen molar-refractivity contribution >= 4 is 17.6 Å². The normalized spacial score (nSPS) is 15.0. The van der Waals surface area contributed by atoms with Crippen molar-refractivity contribution in [2.75, 3.05) is 25.0 Å². The highest BCUT2D eigenvalue weighted by atomic mass is 16.2. The fraction of sp³-hybridized carbons (Fsp3) is 0.391. The van der Waals surface area contributed by atoms with Crippen LogP contribution in [-0.4, -0.2) is 32.0 Å². The summed E-state index contributed by atoms with van der Waals surface area (Å²) in [5.74, 6) is 0.999. The molecule has 1 amide bonds. The molecule has 5 nitrogen and oxygen atoms in total. The molecule has 1 aliphatic rings. The van der Waals surface area contributed by atoms with E-state index in [9.17, 15) is 4.79 Å². The minimum atomic E-state index is 0.00277. The second kappa shape index (κ2) is 8.91. The fourth-order valence-electron chi connectivity index (χ4n) is 3.42. The molecule has 28 heavy (non-hydrogen) atoms. The Hall–Kier alpha value is -2.82. The highest BCUT2D eigenvalue weighted by molar-refractivity contribution is 5.95. The molecule has 1 heterocycles. The predicted octanol–water partition coefficient (Wildman–Crippen LogP) is 3.46. The predicted molar refractivity (Wildman–Crippen MR) is 116 cm³/mol. The number of nitrogens with one attached hydrogen (secondary N) is 2. The SMILES string of the molecule is CN=C(NCc1ccc(N2CCCC2=O)cc1)NCC(C)(C)c1ccccc1. The fourth-order valence-corrected chi connectivity index (χ4v) is 3.42. The highest BCUT2D eigenvalue weighted by Gasteiger charge is 2.22. The van der Waals surface area contributed by atoms with E-state index in [-0.39, 0.29) is 11.3 Å². The van der Waals surface area contributed by atoms with Gasteiger partial charge >= 0.3 is 0 Å². The molecule has 3 rings (SSSR count). The van der Waals surface area contributed by atoms with E-state index in [4.69, 9.17) is 0 Å². The maximum Gasteiger partial charge on any atom is 0.227 e. The van der Waals surface area contributed by atoms with Gasteiger partial charge < -0.3 is 15.5 Å². The maximum atomic E-state index is 11.9. The van der Waals surface area contributed by atoms with Gasteiger partial charge in [0.25, 0.3) is 0 Å². The van der Waals surface area contributed by atoms with E-state index in [1.165, 1.54) is 5.56 Å². The zero-order chi connectivity index (χ0) is 20.0. The van der Waals surface area contributed by atoms with Gasteiger partial charge in [0.15, 0.2) is 5.96 Å². The largest absolute Gasteiger partial charge is 0.356 e. The Labute approximate surface area is 167 Å². The summed E-state index contributed by atoms with van der Waals surface area (Å²) < 4.78 is 0. The van der Waals surface area contributed by atoms with Crippen molar-refractivity contribution in [3.05, 3.63) is 65.7 Å². The second-order valence-corrected chi connectivity index (χ2v) is 7.84. The van der Waals surface area contributed by atoms with Gasteiger partial charge in [-0.3, -0.25) is 9.79 Å². The first-order valence-corrected chi connectivity index (χ1v) is 9.89. The lowest BCUT2D eigenvalue weighted by Gasteiger charge is -2.26. The van der Waals surface area contributed by atoms with E-state index in [2.05, 4.69) is 65.9 Å². The van der Waals surface area contributed by atoms with Crippen molar-refractivity contribution < 1.29 is 4.79 Å². The Balaban J connectivity index is 1.52. The van der Waals surface area contributed by atoms with Crippen molar-refractivity contribution in [1.82, 2.24) is 10.6 Å². The van der Waals surface area contributed by atoms with Crippen molar-refractivity contribution in [2.45, 2.75) is 38.6 Å². The summed E-state index contributed by atoms with van der Waals surface area (Å²) in [6.45, 7) is 6.73. The number of hydrogen-bond acceptors (Lipinski definition) is 2. The molecule has 0 atom stereocenters. The quantitative estimate of drug-likeness (QED) is 0.598. The molecule has 1 saturated heterocycles. The molecule has 5 heteroatoms. The number of aliphatic imine (C=N–C) groups is 1. The van der Waals surface area contributed by atoms with E-state index >= 15 is 0 Å². The van der Waals surface area contributed by atoms with E-state index in [0.717, 1.165) is 36.7 Å². The Morgan fingerprint density at radius 1 is 1.07 bits per heavy atom. The van der Waals surface area contributed by atoms with Crippen LogP contribution in [-0.2, 0) is 16.8 Å². The van der Waals surface area contributed by atoms with Crippen LogP contribution in [0.3, 0.4) is 0 Å². The average Bonchev–Trinajstić information content (AvgIpc) is 3.15. The van der Waals surface area contributed by atoms with Crippen LogP contribution in [0.1, 0.15) is 37.8 Å². The molecule has 0 aromatic heterocycles. The lowest BCUT2D eigenvalue weighted by atomic mass is 9.85. The molecule has 148 valence electrons. The first-order valence-electron chi connectivity index (χ1n) is 9.89. The van der Waals surface area contributed by atoms with Crippen molar-refractivity contribution in [2.24, 2.45) is 4.99 Å². The monoisotopic (exact) mass is 378 g/mol. The molecule has 2 aromatic rings. The van der Waals surface area contributed by atoms with Gasteiger partial charge in [0.2, 0.25) is 5.91 Å². The van der Waals surface area contributed by atoms with E-state index in [1.54, 1.807) is 7.05 Å². The number of guanidine groups is 1. The summed E-state index contributed by atoms with van der Waals surface area (Å²) in [5, 5.41) is 6.79. The molecule has 1 aliphatic heterocycles. The summed E-state index contributed by atoms with van der Waals surface area (Å²) in [7, 11) is 1.78. The Kier molecular flexibility index (Phi) is 6.34. The minimum Gasteiger partial charge on any atom is -0.356 e. The van der Waals surface area contributed by atoms with Crippen molar-refractivity contribution in [3.63, 3.8) is 0 Å². The first-order chi connectivity index (χ1) is 13.5. The Bertz CT molecular complexity index is 812. The van der Waals surface area contributed by atoms with E-state index < -0.39 is 0 Å². The molecule has 2 aromatic carbocycles.